The van der Waals surface area contributed by atoms with E-state index in [-0.39, 0.29) is 37.2 Å². The van der Waals surface area contributed by atoms with E-state index in [0.717, 1.165) is 22.6 Å². The maximum Gasteiger partial charge on any atom is 0.395 e. The molecule has 2 amide bonds. The number of carbonyl (C=O) groups excluding carboxylic acids is 2. The molecule has 2 aliphatic heterocycles. The molecule has 0 aromatic heterocycles. The summed E-state index contributed by atoms with van der Waals surface area (Å²) >= 11 is 0. The summed E-state index contributed by atoms with van der Waals surface area (Å²) in [6.45, 7) is 0.768. The summed E-state index contributed by atoms with van der Waals surface area (Å²) in [5.74, 6) is -1.79. The Morgan fingerprint density at radius 2 is 1.65 bits per heavy atom. The minimum Gasteiger partial charge on any atom is -0.370 e. The quantitative estimate of drug-likeness (QED) is 0.656. The second-order valence-electron chi connectivity index (χ2n) is 7.94. The monoisotopic (exact) mass is 432 g/mol. The standard InChI is InChI=1S/C22H23F3N4O2/c23-22(24,25)16-12-29(13-16)19-7-5-18(6-8-19)28-17-3-1-14(2-4-17)10-27-21(31)15-9-20(30)26-11-15/h1-8,15-16,28H,9-13H2,(H,26,30)(H,27,31). The molecule has 0 radical (unpaired) electrons. The lowest BCUT2D eigenvalue weighted by molar-refractivity contribution is -0.180. The van der Waals surface area contributed by atoms with Gasteiger partial charge in [-0.3, -0.25) is 9.59 Å². The Labute approximate surface area is 177 Å². The molecule has 9 heteroatoms. The molecule has 164 valence electrons. The Morgan fingerprint density at radius 3 is 2.19 bits per heavy atom. The van der Waals surface area contributed by atoms with E-state index in [1.54, 1.807) is 17.0 Å². The van der Waals surface area contributed by atoms with Crippen molar-refractivity contribution in [2.24, 2.45) is 11.8 Å². The van der Waals surface area contributed by atoms with E-state index >= 15 is 0 Å². The lowest BCUT2D eigenvalue weighted by Gasteiger charge is -2.41. The van der Waals surface area contributed by atoms with Crippen LogP contribution in [0.2, 0.25) is 0 Å². The fourth-order valence-electron chi connectivity index (χ4n) is 3.65. The van der Waals surface area contributed by atoms with Crippen LogP contribution in [0.1, 0.15) is 12.0 Å². The fourth-order valence-corrected chi connectivity index (χ4v) is 3.65. The number of carbonyl (C=O) groups is 2. The predicted molar refractivity (Wildman–Crippen MR) is 111 cm³/mol. The predicted octanol–water partition coefficient (Wildman–Crippen LogP) is 3.18. The van der Waals surface area contributed by atoms with Crippen LogP contribution in [0.3, 0.4) is 0 Å². The van der Waals surface area contributed by atoms with Crippen molar-refractivity contribution in [2.75, 3.05) is 29.9 Å². The Hall–Kier alpha value is -3.23. The van der Waals surface area contributed by atoms with Gasteiger partial charge in [0.05, 0.1) is 11.8 Å². The average molecular weight is 432 g/mol. The summed E-state index contributed by atoms with van der Waals surface area (Å²) in [4.78, 5) is 25.0. The van der Waals surface area contributed by atoms with E-state index in [9.17, 15) is 22.8 Å². The molecule has 2 aliphatic rings. The third-order valence-electron chi connectivity index (χ3n) is 5.63. The second kappa shape index (κ2) is 8.49. The van der Waals surface area contributed by atoms with Gasteiger partial charge in [-0.1, -0.05) is 12.1 Å². The first-order valence-corrected chi connectivity index (χ1v) is 10.1. The van der Waals surface area contributed by atoms with Crippen LogP contribution in [0.15, 0.2) is 48.5 Å². The molecule has 0 saturated carbocycles. The van der Waals surface area contributed by atoms with Crippen molar-refractivity contribution in [1.82, 2.24) is 10.6 Å². The van der Waals surface area contributed by atoms with Crippen LogP contribution in [0.5, 0.6) is 0 Å². The molecule has 4 rings (SSSR count). The Kier molecular flexibility index (Phi) is 5.75. The maximum absolute atomic E-state index is 12.6. The second-order valence-corrected chi connectivity index (χ2v) is 7.94. The van der Waals surface area contributed by atoms with Gasteiger partial charge in [0.1, 0.15) is 0 Å². The van der Waals surface area contributed by atoms with E-state index in [1.807, 2.05) is 36.4 Å². The lowest BCUT2D eigenvalue weighted by atomic mass is 9.98. The summed E-state index contributed by atoms with van der Waals surface area (Å²) in [5.41, 5.74) is 3.39. The van der Waals surface area contributed by atoms with Crippen LogP contribution in [-0.4, -0.2) is 37.6 Å². The summed E-state index contributed by atoms with van der Waals surface area (Å²) in [6.07, 6.45) is -3.89. The largest absolute Gasteiger partial charge is 0.395 e. The number of halogens is 3. The zero-order valence-electron chi connectivity index (χ0n) is 16.7. The topological polar surface area (TPSA) is 73.5 Å². The molecule has 2 aromatic rings. The number of rotatable bonds is 6. The molecule has 0 bridgehead atoms. The SMILES string of the molecule is O=C1CC(C(=O)NCc2ccc(Nc3ccc(N4CC(C(F)(F)F)C4)cc3)cc2)CN1. The van der Waals surface area contributed by atoms with Crippen molar-refractivity contribution < 1.29 is 22.8 Å². The zero-order valence-corrected chi connectivity index (χ0v) is 16.7. The highest BCUT2D eigenvalue weighted by Crippen LogP contribution is 2.36. The highest BCUT2D eigenvalue weighted by Gasteiger charge is 2.47. The molecule has 1 atom stereocenters. The van der Waals surface area contributed by atoms with Crippen molar-refractivity contribution in [3.8, 4) is 0 Å². The number of alkyl halides is 3. The maximum atomic E-state index is 12.6. The van der Waals surface area contributed by atoms with Gasteiger partial charge in [0.15, 0.2) is 0 Å². The number of hydrogen-bond donors (Lipinski definition) is 3. The number of anilines is 3. The van der Waals surface area contributed by atoms with E-state index in [4.69, 9.17) is 0 Å². The van der Waals surface area contributed by atoms with E-state index < -0.39 is 12.1 Å². The molecule has 0 spiro atoms. The van der Waals surface area contributed by atoms with Crippen molar-refractivity contribution in [1.29, 1.82) is 0 Å². The van der Waals surface area contributed by atoms with Gasteiger partial charge < -0.3 is 20.9 Å². The molecular weight excluding hydrogens is 409 g/mol. The van der Waals surface area contributed by atoms with Gasteiger partial charge in [-0.2, -0.15) is 13.2 Å². The van der Waals surface area contributed by atoms with Gasteiger partial charge in [0.2, 0.25) is 11.8 Å². The third-order valence-corrected chi connectivity index (χ3v) is 5.63. The summed E-state index contributed by atoms with van der Waals surface area (Å²) in [6, 6.07) is 14.9. The van der Waals surface area contributed by atoms with E-state index in [1.165, 1.54) is 0 Å². The van der Waals surface area contributed by atoms with Gasteiger partial charge in [0.25, 0.3) is 0 Å². The van der Waals surface area contributed by atoms with Crippen LogP contribution >= 0.6 is 0 Å². The van der Waals surface area contributed by atoms with E-state index in [0.29, 0.717) is 13.1 Å². The molecule has 6 nitrogen and oxygen atoms in total. The van der Waals surface area contributed by atoms with Crippen molar-refractivity contribution >= 4 is 28.9 Å². The minimum absolute atomic E-state index is 0.00183. The molecule has 2 fully saturated rings. The number of hydrogen-bond acceptors (Lipinski definition) is 4. The van der Waals surface area contributed by atoms with Crippen LogP contribution in [0.4, 0.5) is 30.2 Å². The first-order valence-electron chi connectivity index (χ1n) is 10.1. The van der Waals surface area contributed by atoms with Crippen molar-refractivity contribution in [3.63, 3.8) is 0 Å². The first kappa shape index (κ1) is 21.0. The Bertz CT molecular complexity index is 939. The normalized spacial score (nSPS) is 19.0. The highest BCUT2D eigenvalue weighted by molar-refractivity contribution is 5.89. The Morgan fingerprint density at radius 1 is 1.03 bits per heavy atom. The van der Waals surface area contributed by atoms with Gasteiger partial charge in [-0.15, -0.1) is 0 Å². The molecule has 1 unspecified atom stereocenters. The number of nitrogens with one attached hydrogen (secondary N) is 3. The van der Waals surface area contributed by atoms with Crippen LogP contribution in [0, 0.1) is 11.8 Å². The van der Waals surface area contributed by atoms with Crippen LogP contribution in [0.25, 0.3) is 0 Å². The highest BCUT2D eigenvalue weighted by atomic mass is 19.4. The van der Waals surface area contributed by atoms with Crippen LogP contribution < -0.4 is 20.9 Å². The first-order chi connectivity index (χ1) is 14.8. The van der Waals surface area contributed by atoms with Gasteiger partial charge in [0, 0.05) is 49.7 Å². The van der Waals surface area contributed by atoms with Gasteiger partial charge >= 0.3 is 6.18 Å². The minimum atomic E-state index is -4.13. The summed E-state index contributed by atoms with van der Waals surface area (Å²) in [5, 5.41) is 8.74. The van der Waals surface area contributed by atoms with Gasteiger partial charge in [-0.05, 0) is 42.0 Å². The average Bonchev–Trinajstić information content (AvgIpc) is 3.13. The molecule has 3 N–H and O–H groups in total. The van der Waals surface area contributed by atoms with E-state index in [2.05, 4.69) is 16.0 Å². The zero-order chi connectivity index (χ0) is 22.0. The number of benzene rings is 2. The smallest absolute Gasteiger partial charge is 0.370 e. The number of amides is 2. The van der Waals surface area contributed by atoms with Crippen molar-refractivity contribution in [2.45, 2.75) is 19.1 Å². The molecular formula is C22H23F3N4O2. The number of nitrogens with zero attached hydrogens (tertiary/aromatic N) is 1. The lowest BCUT2D eigenvalue weighted by Crippen LogP contribution is -2.53. The Balaban J connectivity index is 1.25. The molecule has 0 aliphatic carbocycles. The fraction of sp³-hybridized carbons (Fsp3) is 0.364. The summed E-state index contributed by atoms with van der Waals surface area (Å²) in [7, 11) is 0. The molecule has 2 saturated heterocycles. The molecule has 2 aromatic carbocycles. The van der Waals surface area contributed by atoms with Crippen molar-refractivity contribution in [3.05, 3.63) is 54.1 Å². The molecule has 2 heterocycles. The summed E-state index contributed by atoms with van der Waals surface area (Å²) < 4.78 is 37.9. The third kappa shape index (κ3) is 5.10. The van der Waals surface area contributed by atoms with Crippen LogP contribution in [-0.2, 0) is 16.1 Å². The molecule has 31 heavy (non-hydrogen) atoms. The van der Waals surface area contributed by atoms with Gasteiger partial charge in [-0.25, -0.2) is 0 Å².